The van der Waals surface area contributed by atoms with Gasteiger partial charge in [-0.15, -0.1) is 0 Å². The van der Waals surface area contributed by atoms with Gasteiger partial charge in [0.05, 0.1) is 0 Å². The molecule has 1 aromatic rings. The predicted octanol–water partition coefficient (Wildman–Crippen LogP) is 7.55. The van der Waals surface area contributed by atoms with Crippen molar-refractivity contribution >= 4 is 13.4 Å². The van der Waals surface area contributed by atoms with E-state index in [0.29, 0.717) is 5.92 Å². The van der Waals surface area contributed by atoms with Crippen molar-refractivity contribution in [2.75, 3.05) is 0 Å². The fourth-order valence-electron chi connectivity index (χ4n) is 23.9. The highest BCUT2D eigenvalue weighted by Crippen LogP contribution is 2.80. The summed E-state index contributed by atoms with van der Waals surface area (Å²) in [6.07, 6.45) is 28.4. The summed E-state index contributed by atoms with van der Waals surface area (Å²) >= 11 is 0. The molecule has 7 saturated carbocycles. The Hall–Kier alpha value is -0.880. The van der Waals surface area contributed by atoms with Crippen LogP contribution in [0.1, 0.15) is 121 Å². The van der Waals surface area contributed by atoms with Gasteiger partial charge in [-0.1, -0.05) is 51.0 Å². The maximum absolute atomic E-state index is 5.12. The van der Waals surface area contributed by atoms with Gasteiger partial charge >= 0.3 is 0 Å². The van der Waals surface area contributed by atoms with E-state index in [4.69, 9.17) is 4.98 Å². The lowest BCUT2D eigenvalue weighted by molar-refractivity contribution is -0.198. The second-order valence-electron chi connectivity index (χ2n) is 23.8. The third-order valence-electron chi connectivity index (χ3n) is 23.8. The third-order valence-corrected chi connectivity index (χ3v) is 23.8. The normalized spacial score (nSPS) is 64.0. The molecule has 0 amide bonds. The molecule has 54 heavy (non-hydrogen) atoms. The molecule has 16 fully saturated rings. The molecule has 9 aliphatic heterocycles. The topological polar surface area (TPSA) is 25.9 Å². The van der Waals surface area contributed by atoms with Crippen LogP contribution < -0.4 is 0 Å². The van der Waals surface area contributed by atoms with Crippen LogP contribution in [0.25, 0.3) is 0 Å². The molecule has 1 aromatic heterocycles. The Labute approximate surface area is 325 Å². The number of hydrogen-bond acceptors (Lipinski definition) is 5. The zero-order valence-corrected chi connectivity index (χ0v) is 32.7. The van der Waals surface area contributed by atoms with Crippen LogP contribution in [0.2, 0.25) is 34.9 Å². The van der Waals surface area contributed by atoms with Crippen molar-refractivity contribution in [1.29, 1.82) is 0 Å². The average Bonchev–Trinajstić information content (AvgIpc) is 3.88. The summed E-state index contributed by atoms with van der Waals surface area (Å²) in [7, 11) is 0. The molecule has 0 aromatic carbocycles. The molecule has 10 heterocycles. The second kappa shape index (κ2) is 9.93. The van der Waals surface area contributed by atoms with E-state index < -0.39 is 0 Å². The van der Waals surface area contributed by atoms with Gasteiger partial charge in [0.15, 0.2) is 13.4 Å². The first-order valence-corrected chi connectivity index (χ1v) is 24.9. The van der Waals surface area contributed by atoms with Crippen LogP contribution in [0.15, 0.2) is 24.4 Å². The quantitative estimate of drug-likeness (QED) is 0.280. The molecule has 0 spiro atoms. The molecule has 25 atom stereocenters. The number of nitrogens with zero attached hydrogens (tertiary/aromatic N) is 5. The average molecular weight is 720 g/mol. The minimum atomic E-state index is 0.685. The maximum atomic E-state index is 5.12. The van der Waals surface area contributed by atoms with Gasteiger partial charge < -0.3 is 0 Å². The molecule has 0 N–H and O–H groups in total. The Balaban J connectivity index is 0.937. The van der Waals surface area contributed by atoms with Crippen LogP contribution in [0.3, 0.4) is 0 Å². The highest BCUT2D eigenvalue weighted by molar-refractivity contribution is 6.67. The lowest BCUT2D eigenvalue weighted by Crippen LogP contribution is -2.90. The zero-order valence-electron chi connectivity index (χ0n) is 32.7. The van der Waals surface area contributed by atoms with Crippen LogP contribution in [-0.2, 0) is 0 Å². The van der Waals surface area contributed by atoms with Crippen molar-refractivity contribution < 1.29 is 0 Å². The molecular weight excluding hydrogens is 656 g/mol. The molecular formula is C47H63B2N5. The fourth-order valence-corrected chi connectivity index (χ4v) is 23.9. The van der Waals surface area contributed by atoms with Gasteiger partial charge in [0.25, 0.3) is 0 Å². The number of piperazine rings is 2. The molecule has 17 rings (SSSR count). The van der Waals surface area contributed by atoms with Crippen molar-refractivity contribution in [3.8, 4) is 0 Å². The SMILES string of the molecule is c1ccc(C2CCC3C(C2)B2C4CCCCC4N4C5CCCC6C7CCC8C9CCC%10C%11CCCC%12C%11N%11C%10C9B9C8C7N(C65)C5C9C%11C(C2C54)N3%12)nc1. The van der Waals surface area contributed by atoms with Crippen molar-refractivity contribution in [3.63, 3.8) is 0 Å². The van der Waals surface area contributed by atoms with E-state index in [1.807, 2.05) is 0 Å². The van der Waals surface area contributed by atoms with E-state index in [9.17, 15) is 0 Å². The molecule has 0 bridgehead atoms. The van der Waals surface area contributed by atoms with Crippen molar-refractivity contribution in [1.82, 2.24) is 24.6 Å². The van der Waals surface area contributed by atoms with E-state index in [1.54, 1.807) is 64.2 Å². The largest absolute Gasteiger partial charge is 0.292 e. The lowest BCUT2D eigenvalue weighted by atomic mass is 9.14. The fraction of sp³-hybridized carbons (Fsp3) is 0.894. The highest BCUT2D eigenvalue weighted by atomic mass is 15.5. The molecule has 16 aliphatic rings. The van der Waals surface area contributed by atoms with E-state index in [0.717, 1.165) is 156 Å². The Morgan fingerprint density at radius 2 is 1.00 bits per heavy atom. The minimum Gasteiger partial charge on any atom is -0.292 e. The van der Waals surface area contributed by atoms with Gasteiger partial charge in [-0.05, 0) is 147 Å². The standard InChI is InChI=1S/C47H63B2N5/c1-2-11-32-29(9-1)48-30-21-22(31-10-3-4-20-50-31)14-19-33(30)52-35-13-6-8-26-28-18-16-24-23-15-17-27-25-7-5-12-34-40(25)53-42(27)36(23)49-37(24)43(28)54(41(26)35)47-39(49)46(53)44(51(32)34)38(48)45(47)52/h3-4,10,20,22-30,32-47H,1-2,5-9,11-19,21H2. The van der Waals surface area contributed by atoms with E-state index in [1.165, 1.54) is 50.6 Å². The third kappa shape index (κ3) is 3.05. The van der Waals surface area contributed by atoms with Crippen LogP contribution in [0.5, 0.6) is 0 Å². The first-order valence-electron chi connectivity index (χ1n) is 24.9. The van der Waals surface area contributed by atoms with Crippen LogP contribution in [-0.4, -0.2) is 111 Å². The summed E-state index contributed by atoms with van der Waals surface area (Å²) < 4.78 is 0. The van der Waals surface area contributed by atoms with Gasteiger partial charge in [0, 0.05) is 90.3 Å². The predicted molar refractivity (Wildman–Crippen MR) is 213 cm³/mol. The van der Waals surface area contributed by atoms with Crippen molar-refractivity contribution in [3.05, 3.63) is 30.1 Å². The van der Waals surface area contributed by atoms with Crippen LogP contribution >= 0.6 is 0 Å². The first-order chi connectivity index (χ1) is 26.9. The number of fused-ring (bicyclic) bond motifs is 11. The Morgan fingerprint density at radius 1 is 0.426 bits per heavy atom. The molecule has 9 saturated heterocycles. The van der Waals surface area contributed by atoms with Gasteiger partial charge in [-0.25, -0.2) is 0 Å². The number of hydrogen-bond donors (Lipinski definition) is 0. The lowest BCUT2D eigenvalue weighted by Gasteiger charge is -2.81. The number of aromatic nitrogens is 1. The first kappa shape index (κ1) is 30.2. The smallest absolute Gasteiger partial charge is 0.157 e. The summed E-state index contributed by atoms with van der Waals surface area (Å²) in [6, 6.07) is 17.7. The molecule has 7 aliphatic carbocycles. The van der Waals surface area contributed by atoms with Crippen LogP contribution in [0.4, 0.5) is 0 Å². The van der Waals surface area contributed by atoms with Crippen molar-refractivity contribution in [2.24, 2.45) is 35.5 Å². The van der Waals surface area contributed by atoms with Gasteiger partial charge in [-0.2, -0.15) is 0 Å². The number of rotatable bonds is 1. The van der Waals surface area contributed by atoms with Gasteiger partial charge in [-0.3, -0.25) is 24.6 Å². The van der Waals surface area contributed by atoms with Gasteiger partial charge in [0.1, 0.15) is 0 Å². The van der Waals surface area contributed by atoms with Gasteiger partial charge in [0.2, 0.25) is 0 Å². The Morgan fingerprint density at radius 3 is 1.67 bits per heavy atom. The van der Waals surface area contributed by atoms with E-state index in [2.05, 4.69) is 44.0 Å². The van der Waals surface area contributed by atoms with E-state index >= 15 is 0 Å². The molecule has 282 valence electrons. The monoisotopic (exact) mass is 720 g/mol. The summed E-state index contributed by atoms with van der Waals surface area (Å²) in [5.41, 5.74) is 1.44. The Kier molecular flexibility index (Phi) is 5.55. The van der Waals surface area contributed by atoms with Crippen molar-refractivity contribution in [2.45, 2.75) is 222 Å². The molecule has 5 nitrogen and oxygen atoms in total. The molecule has 25 unspecified atom stereocenters. The minimum absolute atomic E-state index is 0.685. The summed E-state index contributed by atoms with van der Waals surface area (Å²) in [4.78, 5) is 19.5. The summed E-state index contributed by atoms with van der Waals surface area (Å²) in [5.74, 6) is 13.0. The number of pyridine rings is 1. The molecule has 0 radical (unpaired) electrons. The molecule has 7 heteroatoms. The Bertz CT molecular complexity index is 1790. The van der Waals surface area contributed by atoms with Crippen LogP contribution in [0, 0.1) is 35.5 Å². The summed E-state index contributed by atoms with van der Waals surface area (Å²) in [5, 5.41) is 0. The summed E-state index contributed by atoms with van der Waals surface area (Å²) in [6.45, 7) is 2.05. The van der Waals surface area contributed by atoms with E-state index in [-0.39, 0.29) is 0 Å². The maximum Gasteiger partial charge on any atom is 0.157 e. The second-order valence-corrected chi connectivity index (χ2v) is 23.8. The zero-order chi connectivity index (χ0) is 34.0. The highest BCUT2D eigenvalue weighted by Gasteiger charge is 2.85.